The third-order valence-corrected chi connectivity index (χ3v) is 3.89. The van der Waals surface area contributed by atoms with Gasteiger partial charge in [0, 0.05) is 25.0 Å². The van der Waals surface area contributed by atoms with Crippen LogP contribution in [0.15, 0.2) is 18.2 Å². The topological polar surface area (TPSA) is 64.3 Å². The van der Waals surface area contributed by atoms with Crippen LogP contribution in [-0.2, 0) is 4.74 Å². The highest BCUT2D eigenvalue weighted by atomic mass is 32.1. The van der Waals surface area contributed by atoms with Crippen LogP contribution < -0.4 is 11.1 Å². The third-order valence-electron chi connectivity index (χ3n) is 2.72. The number of benzene rings is 1. The van der Waals surface area contributed by atoms with E-state index in [1.165, 1.54) is 17.4 Å². The Morgan fingerprint density at radius 1 is 1.53 bits per heavy atom. The Kier molecular flexibility index (Phi) is 4.34. The highest BCUT2D eigenvalue weighted by Gasteiger charge is 2.18. The van der Waals surface area contributed by atoms with Gasteiger partial charge in [0.25, 0.3) is 5.91 Å². The summed E-state index contributed by atoms with van der Waals surface area (Å²) in [5.74, 6) is -0.668. The van der Waals surface area contributed by atoms with Gasteiger partial charge in [-0.05, 0) is 18.6 Å². The predicted octanol–water partition coefficient (Wildman–Crippen LogP) is 2.39. The summed E-state index contributed by atoms with van der Waals surface area (Å²) < 4.78 is 19.2. The van der Waals surface area contributed by atoms with E-state index in [0.29, 0.717) is 28.1 Å². The summed E-state index contributed by atoms with van der Waals surface area (Å²) in [4.78, 5) is 12.3. The van der Waals surface area contributed by atoms with E-state index in [1.54, 1.807) is 19.2 Å². The zero-order valence-electron chi connectivity index (χ0n) is 10.5. The number of carbonyl (C=O) groups excluding carboxylic acids is 1. The zero-order valence-corrected chi connectivity index (χ0v) is 11.3. The molecule has 1 aromatic carbocycles. The van der Waals surface area contributed by atoms with Gasteiger partial charge in [-0.25, -0.2) is 4.39 Å². The maximum atomic E-state index is 13.7. The van der Waals surface area contributed by atoms with E-state index < -0.39 is 5.82 Å². The minimum absolute atomic E-state index is 0.211. The van der Waals surface area contributed by atoms with Crippen LogP contribution in [0.2, 0.25) is 0 Å². The van der Waals surface area contributed by atoms with Crippen LogP contribution in [0, 0.1) is 5.82 Å². The van der Waals surface area contributed by atoms with Gasteiger partial charge < -0.3 is 15.8 Å². The van der Waals surface area contributed by atoms with E-state index in [0.717, 1.165) is 6.42 Å². The van der Waals surface area contributed by atoms with E-state index in [1.807, 2.05) is 0 Å². The predicted molar refractivity (Wildman–Crippen MR) is 75.0 cm³/mol. The van der Waals surface area contributed by atoms with Crippen LogP contribution in [-0.4, -0.2) is 26.2 Å². The summed E-state index contributed by atoms with van der Waals surface area (Å²) in [5, 5.41) is 3.07. The second-order valence-corrected chi connectivity index (χ2v) is 5.11. The molecule has 2 aromatic rings. The molecule has 1 amide bonds. The van der Waals surface area contributed by atoms with Crippen molar-refractivity contribution in [1.82, 2.24) is 5.32 Å². The summed E-state index contributed by atoms with van der Waals surface area (Å²) in [6.45, 7) is 1.08. The lowest BCUT2D eigenvalue weighted by atomic mass is 10.2. The van der Waals surface area contributed by atoms with Crippen LogP contribution in [0.3, 0.4) is 0 Å². The number of methoxy groups -OCH3 is 1. The third kappa shape index (κ3) is 2.85. The Morgan fingerprint density at radius 2 is 2.32 bits per heavy atom. The van der Waals surface area contributed by atoms with Crippen molar-refractivity contribution in [2.45, 2.75) is 6.42 Å². The Labute approximate surface area is 114 Å². The number of nitrogens with two attached hydrogens (primary N) is 1. The molecule has 0 saturated carbocycles. The number of anilines is 1. The minimum atomic E-state index is -0.398. The molecule has 0 atom stereocenters. The standard InChI is InChI=1S/C13H15FN2O2S/c1-18-7-3-6-16-13(17)12-11(15)10-8(14)4-2-5-9(10)19-12/h2,4-5H,3,6-7,15H2,1H3,(H,16,17). The van der Waals surface area contributed by atoms with Gasteiger partial charge in [0.1, 0.15) is 10.7 Å². The number of thiophene rings is 1. The van der Waals surface area contributed by atoms with Crippen LogP contribution in [0.4, 0.5) is 10.1 Å². The van der Waals surface area contributed by atoms with Crippen molar-refractivity contribution in [2.75, 3.05) is 26.0 Å². The van der Waals surface area contributed by atoms with E-state index in [-0.39, 0.29) is 11.6 Å². The zero-order chi connectivity index (χ0) is 13.8. The lowest BCUT2D eigenvalue weighted by Crippen LogP contribution is -2.25. The number of nitrogens with one attached hydrogen (secondary N) is 1. The molecule has 0 aliphatic heterocycles. The van der Waals surface area contributed by atoms with Gasteiger partial charge in [0.2, 0.25) is 0 Å². The number of amides is 1. The number of carbonyl (C=O) groups is 1. The number of rotatable bonds is 5. The Hall–Kier alpha value is -1.66. The lowest BCUT2D eigenvalue weighted by Gasteiger charge is -2.03. The molecule has 0 saturated heterocycles. The number of hydrogen-bond donors (Lipinski definition) is 2. The fourth-order valence-electron chi connectivity index (χ4n) is 1.80. The highest BCUT2D eigenvalue weighted by Crippen LogP contribution is 2.35. The summed E-state index contributed by atoms with van der Waals surface area (Å²) in [6, 6.07) is 4.70. The van der Waals surface area contributed by atoms with Crippen molar-refractivity contribution < 1.29 is 13.9 Å². The van der Waals surface area contributed by atoms with E-state index >= 15 is 0 Å². The van der Waals surface area contributed by atoms with Crippen molar-refractivity contribution in [3.8, 4) is 0 Å². The van der Waals surface area contributed by atoms with Crippen molar-refractivity contribution in [3.05, 3.63) is 28.9 Å². The number of hydrogen-bond acceptors (Lipinski definition) is 4. The molecule has 0 unspecified atom stereocenters. The maximum absolute atomic E-state index is 13.7. The van der Waals surface area contributed by atoms with Crippen LogP contribution >= 0.6 is 11.3 Å². The molecular weight excluding hydrogens is 267 g/mol. The first-order valence-corrected chi connectivity index (χ1v) is 6.70. The smallest absolute Gasteiger partial charge is 0.263 e. The fraction of sp³-hybridized carbons (Fsp3) is 0.308. The van der Waals surface area contributed by atoms with Crippen LogP contribution in [0.1, 0.15) is 16.1 Å². The quantitative estimate of drug-likeness (QED) is 0.828. The van der Waals surface area contributed by atoms with Crippen molar-refractivity contribution in [2.24, 2.45) is 0 Å². The molecule has 1 heterocycles. The molecule has 1 aromatic heterocycles. The first kappa shape index (κ1) is 13.8. The minimum Gasteiger partial charge on any atom is -0.397 e. The highest BCUT2D eigenvalue weighted by molar-refractivity contribution is 7.21. The summed E-state index contributed by atoms with van der Waals surface area (Å²) >= 11 is 1.20. The molecule has 2 rings (SSSR count). The molecule has 19 heavy (non-hydrogen) atoms. The van der Waals surface area contributed by atoms with Crippen LogP contribution in [0.5, 0.6) is 0 Å². The van der Waals surface area contributed by atoms with E-state index in [4.69, 9.17) is 10.5 Å². The molecule has 0 fully saturated rings. The first-order valence-electron chi connectivity index (χ1n) is 5.88. The average Bonchev–Trinajstić information content (AvgIpc) is 2.73. The normalized spacial score (nSPS) is 10.8. The second kappa shape index (κ2) is 5.99. The van der Waals surface area contributed by atoms with E-state index in [9.17, 15) is 9.18 Å². The average molecular weight is 282 g/mol. The van der Waals surface area contributed by atoms with Gasteiger partial charge in [-0.3, -0.25) is 4.79 Å². The Morgan fingerprint density at radius 3 is 3.00 bits per heavy atom. The molecule has 0 aliphatic rings. The van der Waals surface area contributed by atoms with Gasteiger partial charge >= 0.3 is 0 Å². The van der Waals surface area contributed by atoms with Gasteiger partial charge in [-0.2, -0.15) is 0 Å². The van der Waals surface area contributed by atoms with Crippen LogP contribution in [0.25, 0.3) is 10.1 Å². The summed E-state index contributed by atoms with van der Waals surface area (Å²) in [6.07, 6.45) is 0.724. The molecule has 0 bridgehead atoms. The van der Waals surface area contributed by atoms with Gasteiger partial charge in [0.05, 0.1) is 11.1 Å². The van der Waals surface area contributed by atoms with Crippen molar-refractivity contribution in [3.63, 3.8) is 0 Å². The maximum Gasteiger partial charge on any atom is 0.263 e. The summed E-state index contributed by atoms with van der Waals surface area (Å²) in [5.41, 5.74) is 6.07. The SMILES string of the molecule is COCCCNC(=O)c1sc2cccc(F)c2c1N. The first-order chi connectivity index (χ1) is 9.15. The molecule has 0 radical (unpaired) electrons. The van der Waals surface area contributed by atoms with Crippen molar-refractivity contribution >= 4 is 33.0 Å². The van der Waals surface area contributed by atoms with Crippen molar-refractivity contribution in [1.29, 1.82) is 0 Å². The molecule has 6 heteroatoms. The Balaban J connectivity index is 2.18. The summed E-state index contributed by atoms with van der Waals surface area (Å²) in [7, 11) is 1.61. The molecule has 0 spiro atoms. The molecular formula is C13H15FN2O2S. The molecule has 3 N–H and O–H groups in total. The number of halogens is 1. The van der Waals surface area contributed by atoms with E-state index in [2.05, 4.69) is 5.32 Å². The molecule has 4 nitrogen and oxygen atoms in total. The Bertz CT molecular complexity index is 598. The van der Waals surface area contributed by atoms with Gasteiger partial charge in [-0.1, -0.05) is 6.07 Å². The number of nitrogen functional groups attached to an aromatic ring is 1. The lowest BCUT2D eigenvalue weighted by molar-refractivity contribution is 0.0953. The second-order valence-electron chi connectivity index (χ2n) is 4.06. The number of fused-ring (bicyclic) bond motifs is 1. The molecule has 102 valence electrons. The monoisotopic (exact) mass is 282 g/mol. The van der Waals surface area contributed by atoms with Gasteiger partial charge in [0.15, 0.2) is 0 Å². The number of ether oxygens (including phenoxy) is 1. The largest absolute Gasteiger partial charge is 0.397 e. The van der Waals surface area contributed by atoms with Gasteiger partial charge in [-0.15, -0.1) is 11.3 Å². The fourth-order valence-corrected chi connectivity index (χ4v) is 2.85. The molecule has 0 aliphatic carbocycles.